The number of nitrogens with one attached hydrogen (secondary N) is 1. The normalized spacial score (nSPS) is 11.5. The fourth-order valence-corrected chi connectivity index (χ4v) is 2.15. The number of nitrogens with two attached hydrogens (primary N) is 1. The summed E-state index contributed by atoms with van der Waals surface area (Å²) in [6.45, 7) is 2.25. The average molecular weight is 294 g/mol. The minimum atomic E-state index is -0.0629. The summed E-state index contributed by atoms with van der Waals surface area (Å²) in [6.07, 6.45) is 22.9. The number of amides is 1. The number of rotatable bonds is 14. The lowest BCUT2D eigenvalue weighted by atomic mass is 10.1. The first kappa shape index (κ1) is 19.9. The van der Waals surface area contributed by atoms with E-state index in [1.807, 2.05) is 0 Å². The van der Waals surface area contributed by atoms with Gasteiger partial charge in [-0.1, -0.05) is 56.9 Å². The van der Waals surface area contributed by atoms with Crippen LogP contribution in [-0.2, 0) is 4.79 Å². The molecule has 0 rings (SSSR count). The Balaban J connectivity index is 3.22. The van der Waals surface area contributed by atoms with E-state index in [9.17, 15) is 4.79 Å². The molecule has 0 aliphatic rings. The van der Waals surface area contributed by atoms with Crippen molar-refractivity contribution in [1.29, 1.82) is 0 Å². The van der Waals surface area contributed by atoms with Crippen LogP contribution in [-0.4, -0.2) is 5.91 Å². The molecule has 0 aliphatic heterocycles. The summed E-state index contributed by atoms with van der Waals surface area (Å²) >= 11 is 0. The standard InChI is InChI=1S/C18H34N2O/c1-2-3-4-5-6-7-8-9-10-11-12-13-14-15-16-17-18(21)20-19/h7-8,11-12H,2-6,9-10,13-17,19H2,1H3,(H,20,21). The summed E-state index contributed by atoms with van der Waals surface area (Å²) in [6, 6.07) is 0. The number of carbonyl (C=O) groups excluding carboxylic acids is 1. The largest absolute Gasteiger partial charge is 0.294 e. The van der Waals surface area contributed by atoms with Gasteiger partial charge in [0.2, 0.25) is 5.91 Å². The van der Waals surface area contributed by atoms with Crippen LogP contribution in [0, 0.1) is 0 Å². The van der Waals surface area contributed by atoms with E-state index in [0.29, 0.717) is 6.42 Å². The van der Waals surface area contributed by atoms with Gasteiger partial charge in [-0.3, -0.25) is 10.2 Å². The highest BCUT2D eigenvalue weighted by molar-refractivity contribution is 5.74. The molecule has 0 aromatic carbocycles. The summed E-state index contributed by atoms with van der Waals surface area (Å²) in [4.78, 5) is 10.9. The molecule has 3 heteroatoms. The van der Waals surface area contributed by atoms with Crippen molar-refractivity contribution in [2.45, 2.75) is 84.0 Å². The highest BCUT2D eigenvalue weighted by Gasteiger charge is 1.96. The van der Waals surface area contributed by atoms with E-state index < -0.39 is 0 Å². The Morgan fingerprint density at radius 2 is 1.33 bits per heavy atom. The lowest BCUT2D eigenvalue weighted by molar-refractivity contribution is -0.121. The predicted molar refractivity (Wildman–Crippen MR) is 91.7 cm³/mol. The third-order valence-corrected chi connectivity index (χ3v) is 3.49. The molecule has 0 saturated carbocycles. The van der Waals surface area contributed by atoms with Crippen LogP contribution in [0.25, 0.3) is 0 Å². The minimum Gasteiger partial charge on any atom is -0.294 e. The average Bonchev–Trinajstić information content (AvgIpc) is 2.50. The fourth-order valence-electron chi connectivity index (χ4n) is 2.15. The van der Waals surface area contributed by atoms with E-state index in [1.165, 1.54) is 32.1 Å². The topological polar surface area (TPSA) is 55.1 Å². The monoisotopic (exact) mass is 294 g/mol. The first-order valence-corrected chi connectivity index (χ1v) is 8.60. The smallest absolute Gasteiger partial charge is 0.233 e. The predicted octanol–water partition coefficient (Wildman–Crippen LogP) is 4.79. The van der Waals surface area contributed by atoms with Gasteiger partial charge < -0.3 is 0 Å². The van der Waals surface area contributed by atoms with Crippen molar-refractivity contribution in [2.24, 2.45) is 5.84 Å². The van der Waals surface area contributed by atoms with E-state index >= 15 is 0 Å². The van der Waals surface area contributed by atoms with Crippen LogP contribution in [0.3, 0.4) is 0 Å². The maximum Gasteiger partial charge on any atom is 0.233 e. The number of allylic oxidation sites excluding steroid dienone is 4. The summed E-state index contributed by atoms with van der Waals surface area (Å²) in [5.74, 6) is 4.95. The Kier molecular flexibility index (Phi) is 16.1. The second kappa shape index (κ2) is 17.0. The van der Waals surface area contributed by atoms with Gasteiger partial charge >= 0.3 is 0 Å². The molecule has 0 fully saturated rings. The maximum absolute atomic E-state index is 10.9. The van der Waals surface area contributed by atoms with Gasteiger partial charge in [0.1, 0.15) is 0 Å². The van der Waals surface area contributed by atoms with Gasteiger partial charge in [0.05, 0.1) is 0 Å². The zero-order valence-corrected chi connectivity index (χ0v) is 13.8. The molecule has 0 bridgehead atoms. The molecular weight excluding hydrogens is 260 g/mol. The molecule has 21 heavy (non-hydrogen) atoms. The third kappa shape index (κ3) is 16.9. The number of carbonyl (C=O) groups is 1. The molecule has 0 aliphatic carbocycles. The summed E-state index contributed by atoms with van der Waals surface area (Å²) in [7, 11) is 0. The lowest BCUT2D eigenvalue weighted by Crippen LogP contribution is -2.29. The Bertz CT molecular complexity index is 285. The van der Waals surface area contributed by atoms with Crippen molar-refractivity contribution in [3.05, 3.63) is 24.3 Å². The van der Waals surface area contributed by atoms with Crippen LogP contribution >= 0.6 is 0 Å². The van der Waals surface area contributed by atoms with Crippen molar-refractivity contribution >= 4 is 5.91 Å². The maximum atomic E-state index is 10.9. The quantitative estimate of drug-likeness (QED) is 0.159. The van der Waals surface area contributed by atoms with E-state index in [-0.39, 0.29) is 5.91 Å². The minimum absolute atomic E-state index is 0.0629. The van der Waals surface area contributed by atoms with Gasteiger partial charge in [-0.15, -0.1) is 0 Å². The zero-order valence-electron chi connectivity index (χ0n) is 13.8. The summed E-state index contributed by atoms with van der Waals surface area (Å²) < 4.78 is 0. The van der Waals surface area contributed by atoms with Crippen LogP contribution in [0.5, 0.6) is 0 Å². The third-order valence-electron chi connectivity index (χ3n) is 3.49. The van der Waals surface area contributed by atoms with Crippen molar-refractivity contribution in [2.75, 3.05) is 0 Å². The number of hydrazine groups is 1. The van der Waals surface area contributed by atoms with Gasteiger partial charge in [-0.05, 0) is 44.9 Å². The molecule has 0 aromatic heterocycles. The molecule has 0 radical (unpaired) electrons. The molecule has 3 nitrogen and oxygen atoms in total. The van der Waals surface area contributed by atoms with Crippen LogP contribution in [0.15, 0.2) is 24.3 Å². The highest BCUT2D eigenvalue weighted by atomic mass is 16.2. The van der Waals surface area contributed by atoms with E-state index in [0.717, 1.165) is 38.5 Å². The summed E-state index contributed by atoms with van der Waals surface area (Å²) in [5.41, 5.74) is 2.16. The van der Waals surface area contributed by atoms with Crippen LogP contribution in [0.2, 0.25) is 0 Å². The Morgan fingerprint density at radius 3 is 1.86 bits per heavy atom. The van der Waals surface area contributed by atoms with Crippen LogP contribution in [0.4, 0.5) is 0 Å². The van der Waals surface area contributed by atoms with Crippen molar-refractivity contribution in [3.8, 4) is 0 Å². The zero-order chi connectivity index (χ0) is 15.6. The first-order valence-electron chi connectivity index (χ1n) is 8.60. The van der Waals surface area contributed by atoms with Crippen LogP contribution < -0.4 is 11.3 Å². The lowest BCUT2D eigenvalue weighted by Gasteiger charge is -1.98. The van der Waals surface area contributed by atoms with E-state index in [1.54, 1.807) is 0 Å². The Hall–Kier alpha value is -1.09. The van der Waals surface area contributed by atoms with E-state index in [4.69, 9.17) is 5.84 Å². The van der Waals surface area contributed by atoms with Gasteiger partial charge in [0, 0.05) is 6.42 Å². The van der Waals surface area contributed by atoms with Crippen molar-refractivity contribution in [3.63, 3.8) is 0 Å². The molecule has 0 spiro atoms. The van der Waals surface area contributed by atoms with Gasteiger partial charge in [0.25, 0.3) is 0 Å². The highest BCUT2D eigenvalue weighted by Crippen LogP contribution is 2.06. The molecule has 0 unspecified atom stereocenters. The Morgan fingerprint density at radius 1 is 0.810 bits per heavy atom. The second-order valence-electron chi connectivity index (χ2n) is 5.54. The van der Waals surface area contributed by atoms with Crippen molar-refractivity contribution in [1.82, 2.24) is 5.43 Å². The summed E-state index contributed by atoms with van der Waals surface area (Å²) in [5, 5.41) is 0. The molecular formula is C18H34N2O. The number of hydrogen-bond donors (Lipinski definition) is 2. The number of unbranched alkanes of at least 4 members (excludes halogenated alkanes) is 8. The van der Waals surface area contributed by atoms with Gasteiger partial charge in [-0.25, -0.2) is 5.84 Å². The first-order chi connectivity index (χ1) is 10.3. The molecule has 1 amide bonds. The number of hydrogen-bond acceptors (Lipinski definition) is 2. The molecule has 3 N–H and O–H groups in total. The second-order valence-corrected chi connectivity index (χ2v) is 5.54. The molecule has 122 valence electrons. The fraction of sp³-hybridized carbons (Fsp3) is 0.722. The van der Waals surface area contributed by atoms with Crippen LogP contribution in [0.1, 0.15) is 84.0 Å². The van der Waals surface area contributed by atoms with E-state index in [2.05, 4.69) is 36.7 Å². The SMILES string of the molecule is CCCCCCC=CCCC=CCCCCCC(=O)NN. The van der Waals surface area contributed by atoms with Gasteiger partial charge in [0.15, 0.2) is 0 Å². The molecule has 0 heterocycles. The van der Waals surface area contributed by atoms with Gasteiger partial charge in [-0.2, -0.15) is 0 Å². The molecule has 0 saturated heterocycles. The molecule has 0 atom stereocenters. The van der Waals surface area contributed by atoms with Crippen molar-refractivity contribution < 1.29 is 4.79 Å². The molecule has 0 aromatic rings. The Labute approximate surface area is 131 Å².